The lowest BCUT2D eigenvalue weighted by Crippen LogP contribution is -2.30. The average Bonchev–Trinajstić information content (AvgIpc) is 2.95. The Morgan fingerprint density at radius 2 is 2.33 bits per heavy atom. The van der Waals surface area contributed by atoms with Crippen molar-refractivity contribution >= 4 is 23.1 Å². The van der Waals surface area contributed by atoms with Gasteiger partial charge in [-0.2, -0.15) is 0 Å². The fourth-order valence-corrected chi connectivity index (χ4v) is 3.21. The van der Waals surface area contributed by atoms with Crippen LogP contribution < -0.4 is 11.0 Å². The average molecular weight is 345 g/mol. The highest BCUT2D eigenvalue weighted by Gasteiger charge is 2.31. The summed E-state index contributed by atoms with van der Waals surface area (Å²) in [5.74, 6) is 1.18. The molecule has 8 nitrogen and oxygen atoms in total. The van der Waals surface area contributed by atoms with Crippen LogP contribution in [-0.2, 0) is 11.3 Å². The van der Waals surface area contributed by atoms with Gasteiger partial charge in [-0.3, -0.25) is 9.36 Å². The van der Waals surface area contributed by atoms with Crippen LogP contribution in [0.1, 0.15) is 24.6 Å². The molecule has 1 amide bonds. The van der Waals surface area contributed by atoms with Crippen molar-refractivity contribution in [3.05, 3.63) is 39.8 Å². The number of aromatic nitrogens is 4. The molecule has 0 saturated heterocycles. The van der Waals surface area contributed by atoms with Crippen molar-refractivity contribution in [1.82, 2.24) is 19.5 Å². The van der Waals surface area contributed by atoms with Gasteiger partial charge in [-0.1, -0.05) is 11.2 Å². The summed E-state index contributed by atoms with van der Waals surface area (Å²) in [7, 11) is 0. The van der Waals surface area contributed by atoms with Crippen LogP contribution in [-0.4, -0.2) is 25.4 Å². The molecule has 0 spiro atoms. The molecular weight excluding hydrogens is 330 g/mol. The van der Waals surface area contributed by atoms with Gasteiger partial charge in [0, 0.05) is 12.1 Å². The molecule has 1 saturated carbocycles. The van der Waals surface area contributed by atoms with E-state index in [2.05, 4.69) is 15.6 Å². The predicted octanol–water partition coefficient (Wildman–Crippen LogP) is 2.04. The van der Waals surface area contributed by atoms with E-state index in [1.807, 2.05) is 17.5 Å². The number of rotatable bonds is 5. The van der Waals surface area contributed by atoms with E-state index in [-0.39, 0.29) is 24.2 Å². The third kappa shape index (κ3) is 2.78. The monoisotopic (exact) mass is 345 g/mol. The van der Waals surface area contributed by atoms with Crippen LogP contribution in [0.3, 0.4) is 0 Å². The summed E-state index contributed by atoms with van der Waals surface area (Å²) in [5.41, 5.74) is -0.257. The molecule has 1 aliphatic carbocycles. The quantitative estimate of drug-likeness (QED) is 0.763. The zero-order chi connectivity index (χ0) is 16.7. The second kappa shape index (κ2) is 5.75. The van der Waals surface area contributed by atoms with Crippen molar-refractivity contribution in [2.45, 2.75) is 32.4 Å². The van der Waals surface area contributed by atoms with Gasteiger partial charge in [0.15, 0.2) is 11.6 Å². The maximum Gasteiger partial charge on any atom is 0.346 e. The minimum atomic E-state index is -0.372. The Morgan fingerprint density at radius 1 is 1.50 bits per heavy atom. The van der Waals surface area contributed by atoms with Gasteiger partial charge in [0.05, 0.1) is 4.88 Å². The Balaban J connectivity index is 1.60. The Labute approximate surface area is 140 Å². The fourth-order valence-electron chi connectivity index (χ4n) is 2.50. The van der Waals surface area contributed by atoms with Crippen LogP contribution >= 0.6 is 11.3 Å². The summed E-state index contributed by atoms with van der Waals surface area (Å²) in [6, 6.07) is 5.64. The molecule has 0 aromatic carbocycles. The number of thiophene rings is 1. The fraction of sp³-hybridized carbons (Fsp3) is 0.333. The second-order valence-electron chi connectivity index (χ2n) is 5.71. The highest BCUT2D eigenvalue weighted by Crippen LogP contribution is 2.37. The van der Waals surface area contributed by atoms with Gasteiger partial charge in [0.25, 0.3) is 0 Å². The third-order valence-electron chi connectivity index (χ3n) is 3.71. The Bertz CT molecular complexity index is 933. The summed E-state index contributed by atoms with van der Waals surface area (Å²) in [6.07, 6.45) is 1.93. The van der Waals surface area contributed by atoms with E-state index >= 15 is 0 Å². The molecule has 1 N–H and O–H groups in total. The standard InChI is InChI=1S/C15H15N5O3S/c1-9-7-12(18-23-9)16-13(21)8-19-15(22)20(10-4-5-10)14(17-19)11-3-2-6-24-11/h2-3,6-7,10H,4-5,8H2,1H3,(H,16,18,21). The molecule has 24 heavy (non-hydrogen) atoms. The summed E-state index contributed by atoms with van der Waals surface area (Å²) < 4.78 is 7.80. The molecule has 3 heterocycles. The number of amides is 1. The molecule has 9 heteroatoms. The molecule has 0 atom stereocenters. The molecule has 3 aromatic rings. The van der Waals surface area contributed by atoms with Gasteiger partial charge >= 0.3 is 5.69 Å². The first-order valence-corrected chi connectivity index (χ1v) is 8.46. The van der Waals surface area contributed by atoms with Crippen LogP contribution in [0.25, 0.3) is 10.7 Å². The van der Waals surface area contributed by atoms with Crippen LogP contribution in [0.2, 0.25) is 0 Å². The molecule has 4 rings (SSSR count). The maximum absolute atomic E-state index is 12.6. The highest BCUT2D eigenvalue weighted by molar-refractivity contribution is 7.13. The number of anilines is 1. The predicted molar refractivity (Wildman–Crippen MR) is 87.9 cm³/mol. The van der Waals surface area contributed by atoms with E-state index in [1.165, 1.54) is 16.0 Å². The first-order valence-electron chi connectivity index (χ1n) is 7.58. The van der Waals surface area contributed by atoms with Crippen molar-refractivity contribution in [2.75, 3.05) is 5.32 Å². The largest absolute Gasteiger partial charge is 0.360 e. The minimum absolute atomic E-state index is 0.164. The second-order valence-corrected chi connectivity index (χ2v) is 6.66. The molecule has 124 valence electrons. The molecule has 0 aliphatic heterocycles. The van der Waals surface area contributed by atoms with E-state index in [4.69, 9.17) is 4.52 Å². The van der Waals surface area contributed by atoms with Gasteiger partial charge < -0.3 is 9.84 Å². The number of nitrogens with one attached hydrogen (secondary N) is 1. The summed E-state index contributed by atoms with van der Waals surface area (Å²) in [5, 5.41) is 12.6. The lowest BCUT2D eigenvalue weighted by molar-refractivity contribution is -0.117. The Hall–Kier alpha value is -2.68. The zero-order valence-corrected chi connectivity index (χ0v) is 13.7. The van der Waals surface area contributed by atoms with Crippen LogP contribution in [0.4, 0.5) is 5.82 Å². The number of carbonyl (C=O) groups is 1. The van der Waals surface area contributed by atoms with Gasteiger partial charge in [-0.25, -0.2) is 9.48 Å². The van der Waals surface area contributed by atoms with Crippen LogP contribution in [0.5, 0.6) is 0 Å². The highest BCUT2D eigenvalue weighted by atomic mass is 32.1. The van der Waals surface area contributed by atoms with Crippen molar-refractivity contribution in [3.63, 3.8) is 0 Å². The summed E-state index contributed by atoms with van der Waals surface area (Å²) in [4.78, 5) is 25.7. The SMILES string of the molecule is Cc1cc(NC(=O)Cn2nc(-c3cccs3)n(C3CC3)c2=O)no1. The van der Waals surface area contributed by atoms with Crippen molar-refractivity contribution in [2.24, 2.45) is 0 Å². The third-order valence-corrected chi connectivity index (χ3v) is 4.58. The number of aryl methyl sites for hydroxylation is 1. The smallest absolute Gasteiger partial charge is 0.346 e. The van der Waals surface area contributed by atoms with Crippen LogP contribution in [0, 0.1) is 6.92 Å². The zero-order valence-electron chi connectivity index (χ0n) is 12.9. The molecule has 1 fully saturated rings. The van der Waals surface area contributed by atoms with E-state index < -0.39 is 0 Å². The van der Waals surface area contributed by atoms with Crippen molar-refractivity contribution in [3.8, 4) is 10.7 Å². The maximum atomic E-state index is 12.6. The molecule has 0 unspecified atom stereocenters. The number of hydrogen-bond donors (Lipinski definition) is 1. The van der Waals surface area contributed by atoms with Gasteiger partial charge in [-0.15, -0.1) is 16.4 Å². The van der Waals surface area contributed by atoms with Crippen molar-refractivity contribution in [1.29, 1.82) is 0 Å². The topological polar surface area (TPSA) is 95.0 Å². The Morgan fingerprint density at radius 3 is 2.96 bits per heavy atom. The lowest BCUT2D eigenvalue weighted by atomic mass is 10.4. The molecule has 0 radical (unpaired) electrons. The molecule has 1 aliphatic rings. The lowest BCUT2D eigenvalue weighted by Gasteiger charge is -2.00. The van der Waals surface area contributed by atoms with Gasteiger partial charge in [-0.05, 0) is 31.2 Å². The van der Waals surface area contributed by atoms with Crippen molar-refractivity contribution < 1.29 is 9.32 Å². The van der Waals surface area contributed by atoms with Gasteiger partial charge in [0.2, 0.25) is 5.91 Å². The van der Waals surface area contributed by atoms with E-state index in [0.717, 1.165) is 17.7 Å². The normalized spacial score (nSPS) is 14.0. The van der Waals surface area contributed by atoms with E-state index in [9.17, 15) is 9.59 Å². The molecule has 3 aromatic heterocycles. The summed E-state index contributed by atoms with van der Waals surface area (Å²) >= 11 is 1.52. The number of hydrogen-bond acceptors (Lipinski definition) is 6. The minimum Gasteiger partial charge on any atom is -0.360 e. The van der Waals surface area contributed by atoms with Gasteiger partial charge in [0.1, 0.15) is 12.3 Å². The number of carbonyl (C=O) groups excluding carboxylic acids is 1. The number of nitrogens with zero attached hydrogens (tertiary/aromatic N) is 4. The summed E-state index contributed by atoms with van der Waals surface area (Å²) in [6.45, 7) is 1.57. The van der Waals surface area contributed by atoms with E-state index in [0.29, 0.717) is 17.4 Å². The van der Waals surface area contributed by atoms with Crippen LogP contribution in [0.15, 0.2) is 32.9 Å². The first kappa shape index (κ1) is 14.9. The molecular formula is C15H15N5O3S. The first-order chi connectivity index (χ1) is 11.6. The van der Waals surface area contributed by atoms with E-state index in [1.54, 1.807) is 17.6 Å². The Kier molecular flexibility index (Phi) is 3.57. The molecule has 0 bridgehead atoms.